The van der Waals surface area contributed by atoms with E-state index in [1.54, 1.807) is 24.0 Å². The SMILES string of the molecule is Cl.Cl.Cn1nc2c(=O)n(CC3(O)CCN(Cc4ccc(-c5nccs5)cc4F)CC3)cnc2c1-c1ccc(CN)cc1. The molecule has 0 spiro atoms. The second kappa shape index (κ2) is 13.0. The van der Waals surface area contributed by atoms with Gasteiger partial charge in [-0.15, -0.1) is 36.2 Å². The summed E-state index contributed by atoms with van der Waals surface area (Å²) in [6.45, 7) is 2.20. The smallest absolute Gasteiger partial charge is 0.281 e. The molecule has 0 aliphatic carbocycles. The molecule has 222 valence electrons. The molecule has 9 nitrogen and oxygen atoms in total. The zero-order valence-electron chi connectivity index (χ0n) is 22.9. The van der Waals surface area contributed by atoms with E-state index in [0.29, 0.717) is 50.1 Å². The number of nitrogens with two attached hydrogens (primary N) is 1. The van der Waals surface area contributed by atoms with Crippen LogP contribution in [0.2, 0.25) is 0 Å². The lowest BCUT2D eigenvalue weighted by molar-refractivity contribution is -0.0366. The van der Waals surface area contributed by atoms with Gasteiger partial charge in [-0.1, -0.05) is 36.4 Å². The Morgan fingerprint density at radius 3 is 2.40 bits per heavy atom. The van der Waals surface area contributed by atoms with Gasteiger partial charge in [0.25, 0.3) is 5.56 Å². The molecule has 1 saturated heterocycles. The zero-order valence-corrected chi connectivity index (χ0v) is 25.4. The Morgan fingerprint density at radius 1 is 1.05 bits per heavy atom. The molecule has 6 rings (SSSR count). The number of nitrogens with zero attached hydrogens (tertiary/aromatic N) is 6. The van der Waals surface area contributed by atoms with E-state index in [0.717, 1.165) is 27.4 Å². The molecule has 3 aromatic heterocycles. The number of aliphatic hydroxyl groups is 1. The largest absolute Gasteiger partial charge is 0.388 e. The number of halogens is 3. The Morgan fingerprint density at radius 2 is 1.76 bits per heavy atom. The first-order valence-electron chi connectivity index (χ1n) is 13.2. The van der Waals surface area contributed by atoms with Crippen molar-refractivity contribution in [3.05, 3.63) is 87.7 Å². The van der Waals surface area contributed by atoms with Crippen LogP contribution >= 0.6 is 36.2 Å². The van der Waals surface area contributed by atoms with E-state index in [9.17, 15) is 14.3 Å². The minimum atomic E-state index is -1.07. The van der Waals surface area contributed by atoms with E-state index >= 15 is 0 Å². The van der Waals surface area contributed by atoms with Crippen molar-refractivity contribution < 1.29 is 9.50 Å². The fourth-order valence-electron chi connectivity index (χ4n) is 5.35. The summed E-state index contributed by atoms with van der Waals surface area (Å²) in [5, 5.41) is 18.5. The molecule has 0 saturated carbocycles. The first-order valence-corrected chi connectivity index (χ1v) is 14.1. The number of thiazole rings is 1. The number of fused-ring (bicyclic) bond motifs is 1. The molecule has 1 aliphatic rings. The van der Waals surface area contributed by atoms with Gasteiger partial charge in [0, 0.05) is 61.5 Å². The highest BCUT2D eigenvalue weighted by Gasteiger charge is 2.33. The monoisotopic (exact) mass is 631 g/mol. The molecule has 3 N–H and O–H groups in total. The lowest BCUT2D eigenvalue weighted by atomic mass is 9.91. The van der Waals surface area contributed by atoms with Gasteiger partial charge in [0.05, 0.1) is 24.2 Å². The second-order valence-electron chi connectivity index (χ2n) is 10.4. The molecular formula is C29H32Cl2FN7O2S. The summed E-state index contributed by atoms with van der Waals surface area (Å²) in [7, 11) is 1.79. The van der Waals surface area contributed by atoms with Gasteiger partial charge in [-0.2, -0.15) is 5.10 Å². The minimum absolute atomic E-state index is 0. The van der Waals surface area contributed by atoms with Gasteiger partial charge in [0.1, 0.15) is 16.3 Å². The summed E-state index contributed by atoms with van der Waals surface area (Å²) in [5.74, 6) is -0.260. The minimum Gasteiger partial charge on any atom is -0.388 e. The second-order valence-corrected chi connectivity index (χ2v) is 11.3. The molecule has 42 heavy (non-hydrogen) atoms. The van der Waals surface area contributed by atoms with Crippen LogP contribution in [0.4, 0.5) is 4.39 Å². The van der Waals surface area contributed by atoms with Crippen molar-refractivity contribution in [3.8, 4) is 21.8 Å². The van der Waals surface area contributed by atoms with Gasteiger partial charge in [0.2, 0.25) is 0 Å². The molecule has 1 fully saturated rings. The maximum absolute atomic E-state index is 14.8. The Kier molecular flexibility index (Phi) is 9.81. The topological polar surface area (TPSA) is 115 Å². The third-order valence-corrected chi connectivity index (χ3v) is 8.47. The van der Waals surface area contributed by atoms with Gasteiger partial charge in [-0.3, -0.25) is 18.9 Å². The zero-order chi connectivity index (χ0) is 27.9. The van der Waals surface area contributed by atoms with Crippen molar-refractivity contribution in [2.24, 2.45) is 12.8 Å². The summed E-state index contributed by atoms with van der Waals surface area (Å²) in [4.78, 5) is 24.3. The highest BCUT2D eigenvalue weighted by Crippen LogP contribution is 2.29. The normalized spacial score (nSPS) is 14.9. The maximum Gasteiger partial charge on any atom is 0.281 e. The third-order valence-electron chi connectivity index (χ3n) is 7.65. The summed E-state index contributed by atoms with van der Waals surface area (Å²) in [6, 6.07) is 13.0. The van der Waals surface area contributed by atoms with Crippen LogP contribution in [-0.2, 0) is 26.7 Å². The number of aromatic nitrogens is 5. The number of hydrogen-bond donors (Lipinski definition) is 2. The number of benzene rings is 2. The molecule has 5 aromatic rings. The van der Waals surface area contributed by atoms with Crippen molar-refractivity contribution in [3.63, 3.8) is 0 Å². The van der Waals surface area contributed by atoms with Gasteiger partial charge in [-0.05, 0) is 24.5 Å². The van der Waals surface area contributed by atoms with Gasteiger partial charge in [-0.25, -0.2) is 14.4 Å². The van der Waals surface area contributed by atoms with Gasteiger partial charge < -0.3 is 10.8 Å². The van der Waals surface area contributed by atoms with Crippen molar-refractivity contribution in [2.75, 3.05) is 13.1 Å². The standard InChI is InChI=1S/C29H30FN7O2S.2ClH/c1-35-26(20-4-2-19(15-31)3-5-20)24-25(34-35)28(38)37(18-33-24)17-29(39)8-11-36(12-9-29)16-22-7-6-21(14-23(22)30)27-32-10-13-40-27;;/h2-7,10,13-14,18,39H,8-9,11-12,15-17,31H2,1H3;2*1H. The lowest BCUT2D eigenvalue weighted by Gasteiger charge is -2.38. The Labute approximate surface area is 258 Å². The van der Waals surface area contributed by atoms with Gasteiger partial charge in [0.15, 0.2) is 5.52 Å². The molecule has 0 bridgehead atoms. The highest BCUT2D eigenvalue weighted by molar-refractivity contribution is 7.13. The predicted octanol–water partition coefficient (Wildman–Crippen LogP) is 4.39. The van der Waals surface area contributed by atoms with E-state index in [1.165, 1.54) is 28.3 Å². The Balaban J connectivity index is 0.00000202. The fraction of sp³-hybridized carbons (Fsp3) is 0.310. The highest BCUT2D eigenvalue weighted by atomic mass is 35.5. The van der Waals surface area contributed by atoms with Crippen LogP contribution in [0.25, 0.3) is 32.9 Å². The predicted molar refractivity (Wildman–Crippen MR) is 168 cm³/mol. The van der Waals surface area contributed by atoms with Crippen molar-refractivity contribution in [1.82, 2.24) is 29.2 Å². The van der Waals surface area contributed by atoms with E-state index in [1.807, 2.05) is 35.7 Å². The quantitative estimate of drug-likeness (QED) is 0.274. The first-order chi connectivity index (χ1) is 19.3. The molecule has 1 aliphatic heterocycles. The molecular weight excluding hydrogens is 600 g/mol. The summed E-state index contributed by atoms with van der Waals surface area (Å²) >= 11 is 1.48. The van der Waals surface area contributed by atoms with Crippen LogP contribution in [0.3, 0.4) is 0 Å². The van der Waals surface area contributed by atoms with E-state index < -0.39 is 5.60 Å². The van der Waals surface area contributed by atoms with Crippen LogP contribution in [0.1, 0.15) is 24.0 Å². The van der Waals surface area contributed by atoms with E-state index in [2.05, 4.69) is 20.0 Å². The first kappa shape index (κ1) is 31.7. The number of likely N-dealkylation sites (tertiary alicyclic amines) is 1. The van der Waals surface area contributed by atoms with Crippen LogP contribution in [0.5, 0.6) is 0 Å². The third kappa shape index (κ3) is 6.26. The Bertz CT molecular complexity index is 1720. The Hall–Kier alpha value is -3.19. The van der Waals surface area contributed by atoms with Crippen molar-refractivity contribution in [2.45, 2.75) is 38.1 Å². The van der Waals surface area contributed by atoms with Crippen LogP contribution in [-0.4, -0.2) is 53.0 Å². The summed E-state index contributed by atoms with van der Waals surface area (Å²) in [5.41, 5.74) is 9.19. The average Bonchev–Trinajstić information content (AvgIpc) is 3.61. The molecule has 0 amide bonds. The maximum atomic E-state index is 14.8. The van der Waals surface area contributed by atoms with Gasteiger partial charge >= 0.3 is 0 Å². The van der Waals surface area contributed by atoms with Crippen LogP contribution < -0.4 is 11.3 Å². The number of aryl methyl sites for hydroxylation is 1. The molecule has 0 atom stereocenters. The number of rotatable bonds is 7. The van der Waals surface area contributed by atoms with E-state index in [4.69, 9.17) is 5.73 Å². The van der Waals surface area contributed by atoms with Crippen molar-refractivity contribution >= 4 is 47.2 Å². The summed E-state index contributed by atoms with van der Waals surface area (Å²) in [6.07, 6.45) is 4.11. The number of piperidine rings is 1. The fourth-order valence-corrected chi connectivity index (χ4v) is 5.98. The van der Waals surface area contributed by atoms with Crippen LogP contribution in [0, 0.1) is 5.82 Å². The van der Waals surface area contributed by atoms with Crippen LogP contribution in [0.15, 0.2) is 65.2 Å². The molecule has 0 unspecified atom stereocenters. The molecule has 2 aromatic carbocycles. The molecule has 0 radical (unpaired) electrons. The average molecular weight is 633 g/mol. The lowest BCUT2D eigenvalue weighted by Crippen LogP contribution is -2.47. The summed E-state index contributed by atoms with van der Waals surface area (Å²) < 4.78 is 17.9. The molecule has 13 heteroatoms. The van der Waals surface area contributed by atoms with E-state index in [-0.39, 0.29) is 48.3 Å². The number of hydrogen-bond acceptors (Lipinski definition) is 8. The molecule has 4 heterocycles. The van der Waals surface area contributed by atoms with Crippen molar-refractivity contribution in [1.29, 1.82) is 0 Å².